The Hall–Kier alpha value is -0.570. The van der Waals surface area contributed by atoms with E-state index in [4.69, 9.17) is 0 Å². The molecule has 2 N–H and O–H groups in total. The molecule has 14 heavy (non-hydrogen) atoms. The van der Waals surface area contributed by atoms with Crippen LogP contribution in [-0.2, 0) is 4.79 Å². The fourth-order valence-electron chi connectivity index (χ4n) is 1.68. The Balaban J connectivity index is 2.20. The second-order valence-corrected chi connectivity index (χ2v) is 4.53. The molecule has 0 bridgehead atoms. The summed E-state index contributed by atoms with van der Waals surface area (Å²) in [5.74, 6) is 0.256. The van der Waals surface area contributed by atoms with Gasteiger partial charge >= 0.3 is 0 Å². The summed E-state index contributed by atoms with van der Waals surface area (Å²) in [5, 5.41) is 6.06. The molecular formula is C11H22N2O. The van der Waals surface area contributed by atoms with Crippen LogP contribution in [0.3, 0.4) is 0 Å². The first kappa shape index (κ1) is 11.5. The van der Waals surface area contributed by atoms with Crippen molar-refractivity contribution in [1.82, 2.24) is 10.6 Å². The van der Waals surface area contributed by atoms with E-state index in [0.717, 1.165) is 13.1 Å². The average Bonchev–Trinajstić information content (AvgIpc) is 2.95. The molecule has 1 rings (SSSR count). The number of hydrogen-bond donors (Lipinski definition) is 2. The third-order valence-electron chi connectivity index (χ3n) is 3.30. The zero-order chi connectivity index (χ0) is 10.6. The van der Waals surface area contributed by atoms with Crippen LogP contribution in [0, 0.1) is 11.3 Å². The molecule has 1 aliphatic carbocycles. The van der Waals surface area contributed by atoms with Crippen LogP contribution >= 0.6 is 0 Å². The fourth-order valence-corrected chi connectivity index (χ4v) is 1.68. The number of carbonyl (C=O) groups is 1. The van der Waals surface area contributed by atoms with E-state index in [9.17, 15) is 4.79 Å². The molecule has 1 atom stereocenters. The Kier molecular flexibility index (Phi) is 3.93. The molecule has 0 aromatic rings. The van der Waals surface area contributed by atoms with Gasteiger partial charge in [-0.25, -0.2) is 0 Å². The summed E-state index contributed by atoms with van der Waals surface area (Å²) in [5.41, 5.74) is 0.453. The van der Waals surface area contributed by atoms with Gasteiger partial charge in [0.1, 0.15) is 0 Å². The van der Waals surface area contributed by atoms with Crippen molar-refractivity contribution in [2.45, 2.75) is 33.1 Å². The van der Waals surface area contributed by atoms with E-state index in [1.54, 1.807) is 0 Å². The van der Waals surface area contributed by atoms with E-state index in [1.165, 1.54) is 19.3 Å². The normalized spacial score (nSPS) is 20.2. The molecule has 1 saturated carbocycles. The number of carbonyl (C=O) groups excluding carboxylic acids is 1. The quantitative estimate of drug-likeness (QED) is 0.672. The van der Waals surface area contributed by atoms with Gasteiger partial charge in [-0.05, 0) is 31.7 Å². The van der Waals surface area contributed by atoms with E-state index in [2.05, 4.69) is 17.6 Å². The van der Waals surface area contributed by atoms with Crippen molar-refractivity contribution >= 4 is 5.91 Å². The van der Waals surface area contributed by atoms with E-state index in [1.807, 2.05) is 14.0 Å². The van der Waals surface area contributed by atoms with Crippen molar-refractivity contribution in [3.05, 3.63) is 0 Å². The third-order valence-corrected chi connectivity index (χ3v) is 3.30. The minimum Gasteiger partial charge on any atom is -0.355 e. The molecule has 0 aromatic heterocycles. The summed E-state index contributed by atoms with van der Waals surface area (Å²) in [4.78, 5) is 11.6. The Morgan fingerprint density at radius 2 is 2.14 bits per heavy atom. The molecule has 0 aromatic carbocycles. The Morgan fingerprint density at radius 1 is 1.50 bits per heavy atom. The van der Waals surface area contributed by atoms with Crippen LogP contribution in [0.4, 0.5) is 0 Å². The van der Waals surface area contributed by atoms with Gasteiger partial charge in [-0.1, -0.05) is 13.8 Å². The predicted molar refractivity (Wildman–Crippen MR) is 58.1 cm³/mol. The molecule has 0 radical (unpaired) electrons. The standard InChI is InChI=1S/C11H22N2O/c1-4-11(5-6-11)8-13-10(14)9(2)7-12-3/h9,12H,4-8H2,1-3H3,(H,13,14). The van der Waals surface area contributed by atoms with Crippen molar-refractivity contribution in [1.29, 1.82) is 0 Å². The highest BCUT2D eigenvalue weighted by Crippen LogP contribution is 2.47. The highest BCUT2D eigenvalue weighted by molar-refractivity contribution is 5.78. The minimum atomic E-state index is 0.0765. The Labute approximate surface area is 86.6 Å². The monoisotopic (exact) mass is 198 g/mol. The van der Waals surface area contributed by atoms with Gasteiger partial charge < -0.3 is 10.6 Å². The molecule has 3 heteroatoms. The molecule has 3 nitrogen and oxygen atoms in total. The zero-order valence-electron chi connectivity index (χ0n) is 9.52. The van der Waals surface area contributed by atoms with Crippen molar-refractivity contribution in [2.75, 3.05) is 20.1 Å². The first-order valence-electron chi connectivity index (χ1n) is 5.56. The molecule has 1 aliphatic rings. The summed E-state index contributed by atoms with van der Waals surface area (Å²) in [6.07, 6.45) is 3.75. The van der Waals surface area contributed by atoms with Crippen molar-refractivity contribution in [2.24, 2.45) is 11.3 Å². The largest absolute Gasteiger partial charge is 0.355 e. The van der Waals surface area contributed by atoms with E-state index in [-0.39, 0.29) is 11.8 Å². The lowest BCUT2D eigenvalue weighted by Gasteiger charge is -2.16. The maximum atomic E-state index is 11.6. The van der Waals surface area contributed by atoms with Gasteiger partial charge in [0.2, 0.25) is 5.91 Å². The van der Waals surface area contributed by atoms with Gasteiger partial charge in [0.15, 0.2) is 0 Å². The van der Waals surface area contributed by atoms with Gasteiger partial charge in [-0.3, -0.25) is 4.79 Å². The predicted octanol–water partition coefficient (Wildman–Crippen LogP) is 1.15. The number of amides is 1. The summed E-state index contributed by atoms with van der Waals surface area (Å²) in [6, 6.07) is 0. The van der Waals surface area contributed by atoms with Gasteiger partial charge in [0.25, 0.3) is 0 Å². The van der Waals surface area contributed by atoms with Crippen LogP contribution in [0.2, 0.25) is 0 Å². The van der Waals surface area contributed by atoms with E-state index < -0.39 is 0 Å². The Bertz CT molecular complexity index is 199. The lowest BCUT2D eigenvalue weighted by molar-refractivity contribution is -0.124. The number of nitrogens with one attached hydrogen (secondary N) is 2. The highest BCUT2D eigenvalue weighted by Gasteiger charge is 2.40. The number of hydrogen-bond acceptors (Lipinski definition) is 2. The van der Waals surface area contributed by atoms with E-state index >= 15 is 0 Å². The zero-order valence-corrected chi connectivity index (χ0v) is 9.52. The lowest BCUT2D eigenvalue weighted by Crippen LogP contribution is -2.37. The molecule has 0 aliphatic heterocycles. The summed E-state index contributed by atoms with van der Waals surface area (Å²) in [6.45, 7) is 5.79. The molecule has 1 fully saturated rings. The topological polar surface area (TPSA) is 41.1 Å². The molecule has 1 amide bonds. The van der Waals surface area contributed by atoms with Crippen LogP contribution in [0.25, 0.3) is 0 Å². The van der Waals surface area contributed by atoms with Crippen molar-refractivity contribution < 1.29 is 4.79 Å². The van der Waals surface area contributed by atoms with Gasteiger partial charge in [0.05, 0.1) is 0 Å². The van der Waals surface area contributed by atoms with Gasteiger partial charge in [-0.2, -0.15) is 0 Å². The SMILES string of the molecule is CCC1(CNC(=O)C(C)CNC)CC1. The molecule has 82 valence electrons. The van der Waals surface area contributed by atoms with Crippen molar-refractivity contribution in [3.8, 4) is 0 Å². The first-order valence-corrected chi connectivity index (χ1v) is 5.56. The number of rotatable bonds is 6. The highest BCUT2D eigenvalue weighted by atomic mass is 16.1. The average molecular weight is 198 g/mol. The second kappa shape index (κ2) is 4.78. The molecule has 0 spiro atoms. The first-order chi connectivity index (χ1) is 6.63. The Morgan fingerprint density at radius 3 is 2.57 bits per heavy atom. The smallest absolute Gasteiger partial charge is 0.224 e. The van der Waals surface area contributed by atoms with Gasteiger partial charge in [-0.15, -0.1) is 0 Å². The molecule has 0 heterocycles. The maximum absolute atomic E-state index is 11.6. The fraction of sp³-hybridized carbons (Fsp3) is 0.909. The molecular weight excluding hydrogens is 176 g/mol. The maximum Gasteiger partial charge on any atom is 0.224 e. The molecule has 0 saturated heterocycles. The van der Waals surface area contributed by atoms with Crippen LogP contribution < -0.4 is 10.6 Å². The minimum absolute atomic E-state index is 0.0765. The summed E-state index contributed by atoms with van der Waals surface area (Å²) in [7, 11) is 1.87. The van der Waals surface area contributed by atoms with Gasteiger partial charge in [0, 0.05) is 19.0 Å². The van der Waals surface area contributed by atoms with Crippen LogP contribution in [0.15, 0.2) is 0 Å². The van der Waals surface area contributed by atoms with E-state index in [0.29, 0.717) is 5.41 Å². The second-order valence-electron chi connectivity index (χ2n) is 4.53. The summed E-state index contributed by atoms with van der Waals surface area (Å²) < 4.78 is 0. The third kappa shape index (κ3) is 2.98. The molecule has 1 unspecified atom stereocenters. The van der Waals surface area contributed by atoms with Crippen molar-refractivity contribution in [3.63, 3.8) is 0 Å². The summed E-state index contributed by atoms with van der Waals surface area (Å²) >= 11 is 0. The van der Waals surface area contributed by atoms with Crippen LogP contribution in [0.1, 0.15) is 33.1 Å². The van der Waals surface area contributed by atoms with Crippen LogP contribution in [-0.4, -0.2) is 26.0 Å². The lowest BCUT2D eigenvalue weighted by atomic mass is 10.0. The van der Waals surface area contributed by atoms with Crippen LogP contribution in [0.5, 0.6) is 0 Å².